The van der Waals surface area contributed by atoms with Gasteiger partial charge in [0.2, 0.25) is 0 Å². The van der Waals surface area contributed by atoms with Crippen LogP contribution in [0.15, 0.2) is 79.1 Å². The number of hydrogen-bond acceptors (Lipinski definition) is 3. The lowest BCUT2D eigenvalue weighted by Gasteiger charge is -2.05. The summed E-state index contributed by atoms with van der Waals surface area (Å²) in [7, 11) is 0. The van der Waals surface area contributed by atoms with Gasteiger partial charge in [0.15, 0.2) is 11.4 Å². The molecule has 0 aliphatic rings. The van der Waals surface area contributed by atoms with Gasteiger partial charge in [0.05, 0.1) is 11.3 Å². The standard InChI is InChI=1S/C20H13FN2O2/c21-16-10-8-14(9-11-16)17-13-23-12-4-7-18(19(23)22-17)25-20(24)15-5-2-1-3-6-15/h1-13H. The van der Waals surface area contributed by atoms with Crippen molar-refractivity contribution in [2.75, 3.05) is 0 Å². The molecule has 25 heavy (non-hydrogen) atoms. The van der Waals surface area contributed by atoms with E-state index in [2.05, 4.69) is 4.98 Å². The van der Waals surface area contributed by atoms with E-state index in [0.717, 1.165) is 5.56 Å². The van der Waals surface area contributed by atoms with Gasteiger partial charge in [0, 0.05) is 18.0 Å². The lowest BCUT2D eigenvalue weighted by atomic mass is 10.2. The number of benzene rings is 2. The van der Waals surface area contributed by atoms with Crippen LogP contribution in [0.5, 0.6) is 5.75 Å². The first-order valence-electron chi connectivity index (χ1n) is 7.71. The molecule has 4 rings (SSSR count). The van der Waals surface area contributed by atoms with Gasteiger partial charge in [-0.2, -0.15) is 0 Å². The Bertz CT molecular complexity index is 1040. The minimum absolute atomic E-state index is 0.301. The average molecular weight is 332 g/mol. The highest BCUT2D eigenvalue weighted by Gasteiger charge is 2.13. The number of carbonyl (C=O) groups is 1. The smallest absolute Gasteiger partial charge is 0.343 e. The molecule has 2 heterocycles. The van der Waals surface area contributed by atoms with E-state index in [1.807, 2.05) is 18.5 Å². The Morgan fingerprint density at radius 1 is 0.960 bits per heavy atom. The third-order valence-electron chi connectivity index (χ3n) is 3.80. The molecule has 0 bridgehead atoms. The number of ether oxygens (including phenoxy) is 1. The Morgan fingerprint density at radius 3 is 2.48 bits per heavy atom. The van der Waals surface area contributed by atoms with Crippen molar-refractivity contribution in [2.45, 2.75) is 0 Å². The average Bonchev–Trinajstić information content (AvgIpc) is 3.08. The molecule has 0 fully saturated rings. The van der Waals surface area contributed by atoms with Crippen LogP contribution in [0, 0.1) is 5.82 Å². The van der Waals surface area contributed by atoms with Gasteiger partial charge in [-0.1, -0.05) is 18.2 Å². The van der Waals surface area contributed by atoms with Gasteiger partial charge in [-0.15, -0.1) is 0 Å². The maximum Gasteiger partial charge on any atom is 0.343 e. The van der Waals surface area contributed by atoms with E-state index in [1.165, 1.54) is 12.1 Å². The van der Waals surface area contributed by atoms with Crippen molar-refractivity contribution in [2.24, 2.45) is 0 Å². The molecule has 4 nitrogen and oxygen atoms in total. The Morgan fingerprint density at radius 2 is 1.72 bits per heavy atom. The Balaban J connectivity index is 1.70. The van der Waals surface area contributed by atoms with Gasteiger partial charge in [-0.05, 0) is 48.5 Å². The number of nitrogens with zero attached hydrogens (tertiary/aromatic N) is 2. The molecule has 0 saturated heterocycles. The molecule has 0 saturated carbocycles. The molecule has 0 aliphatic heterocycles. The minimum Gasteiger partial charge on any atom is -0.419 e. The Kier molecular flexibility index (Phi) is 3.74. The molecular weight excluding hydrogens is 319 g/mol. The fourth-order valence-corrected chi connectivity index (χ4v) is 2.56. The first kappa shape index (κ1) is 15.1. The Hall–Kier alpha value is -3.47. The molecular formula is C20H13FN2O2. The van der Waals surface area contributed by atoms with Crippen molar-refractivity contribution in [3.05, 3.63) is 90.5 Å². The highest BCUT2D eigenvalue weighted by molar-refractivity contribution is 5.91. The summed E-state index contributed by atoms with van der Waals surface area (Å²) in [5, 5.41) is 0. The molecule has 0 atom stereocenters. The van der Waals surface area contributed by atoms with Gasteiger partial charge in [0.1, 0.15) is 5.82 Å². The van der Waals surface area contributed by atoms with Crippen LogP contribution < -0.4 is 4.74 Å². The molecule has 0 radical (unpaired) electrons. The second-order valence-electron chi connectivity index (χ2n) is 5.49. The molecule has 0 aliphatic carbocycles. The molecule has 0 amide bonds. The molecule has 2 aromatic heterocycles. The third-order valence-corrected chi connectivity index (χ3v) is 3.80. The predicted octanol–water partition coefficient (Wildman–Crippen LogP) is 4.36. The normalized spacial score (nSPS) is 10.8. The van der Waals surface area contributed by atoms with Gasteiger partial charge in [-0.3, -0.25) is 0 Å². The molecule has 0 unspecified atom stereocenters. The SMILES string of the molecule is O=C(Oc1cccn2cc(-c3ccc(F)cc3)nc12)c1ccccc1. The van der Waals surface area contributed by atoms with E-state index in [4.69, 9.17) is 4.74 Å². The van der Waals surface area contributed by atoms with Gasteiger partial charge in [0.25, 0.3) is 0 Å². The maximum absolute atomic E-state index is 13.1. The number of fused-ring (bicyclic) bond motifs is 1. The lowest BCUT2D eigenvalue weighted by molar-refractivity contribution is 0.0736. The Labute approximate surface area is 143 Å². The van der Waals surface area contributed by atoms with Crippen LogP contribution in [0.1, 0.15) is 10.4 Å². The van der Waals surface area contributed by atoms with Crippen LogP contribution in [0.25, 0.3) is 16.9 Å². The molecule has 2 aromatic carbocycles. The number of pyridine rings is 1. The summed E-state index contributed by atoms with van der Waals surface area (Å²) in [6.07, 6.45) is 3.62. The zero-order valence-corrected chi connectivity index (χ0v) is 13.1. The second-order valence-corrected chi connectivity index (χ2v) is 5.49. The molecule has 0 spiro atoms. The fourth-order valence-electron chi connectivity index (χ4n) is 2.56. The molecule has 4 aromatic rings. The zero-order valence-electron chi connectivity index (χ0n) is 13.1. The summed E-state index contributed by atoms with van der Waals surface area (Å²) in [4.78, 5) is 16.8. The van der Waals surface area contributed by atoms with Gasteiger partial charge < -0.3 is 9.14 Å². The van der Waals surface area contributed by atoms with Crippen LogP contribution in [0.3, 0.4) is 0 Å². The van der Waals surface area contributed by atoms with Gasteiger partial charge >= 0.3 is 5.97 Å². The van der Waals surface area contributed by atoms with E-state index in [9.17, 15) is 9.18 Å². The summed E-state index contributed by atoms with van der Waals surface area (Å²) >= 11 is 0. The molecule has 5 heteroatoms. The number of halogens is 1. The lowest BCUT2D eigenvalue weighted by Crippen LogP contribution is -2.09. The van der Waals surface area contributed by atoms with E-state index >= 15 is 0 Å². The number of imidazole rings is 1. The van der Waals surface area contributed by atoms with Crippen LogP contribution in [0.2, 0.25) is 0 Å². The number of rotatable bonds is 3. The van der Waals surface area contributed by atoms with E-state index < -0.39 is 5.97 Å². The van der Waals surface area contributed by atoms with Crippen molar-refractivity contribution in [3.63, 3.8) is 0 Å². The van der Waals surface area contributed by atoms with Crippen molar-refractivity contribution in [1.82, 2.24) is 9.38 Å². The van der Waals surface area contributed by atoms with Gasteiger partial charge in [-0.25, -0.2) is 14.2 Å². The monoisotopic (exact) mass is 332 g/mol. The van der Waals surface area contributed by atoms with Crippen LogP contribution in [-0.2, 0) is 0 Å². The molecule has 0 N–H and O–H groups in total. The zero-order chi connectivity index (χ0) is 17.2. The number of aromatic nitrogens is 2. The van der Waals surface area contributed by atoms with Crippen molar-refractivity contribution in [1.29, 1.82) is 0 Å². The van der Waals surface area contributed by atoms with E-state index in [-0.39, 0.29) is 5.82 Å². The summed E-state index contributed by atoms with van der Waals surface area (Å²) in [6, 6.07) is 18.3. The number of hydrogen-bond donors (Lipinski definition) is 0. The van der Waals surface area contributed by atoms with Crippen molar-refractivity contribution in [3.8, 4) is 17.0 Å². The molecule has 122 valence electrons. The van der Waals surface area contributed by atoms with E-state index in [1.54, 1.807) is 52.9 Å². The van der Waals surface area contributed by atoms with E-state index in [0.29, 0.717) is 22.7 Å². The topological polar surface area (TPSA) is 43.6 Å². The minimum atomic E-state index is -0.444. The fraction of sp³-hybridized carbons (Fsp3) is 0. The van der Waals surface area contributed by atoms with Crippen LogP contribution in [-0.4, -0.2) is 15.4 Å². The van der Waals surface area contributed by atoms with Crippen LogP contribution in [0.4, 0.5) is 4.39 Å². The summed E-state index contributed by atoms with van der Waals surface area (Å²) in [6.45, 7) is 0. The summed E-state index contributed by atoms with van der Waals surface area (Å²) in [5.74, 6) is -0.380. The third kappa shape index (κ3) is 2.99. The first-order chi connectivity index (χ1) is 12.2. The predicted molar refractivity (Wildman–Crippen MR) is 92.0 cm³/mol. The maximum atomic E-state index is 13.1. The number of esters is 1. The number of carbonyl (C=O) groups excluding carboxylic acids is 1. The highest BCUT2D eigenvalue weighted by Crippen LogP contribution is 2.25. The summed E-state index contributed by atoms with van der Waals surface area (Å²) < 4.78 is 20.4. The highest BCUT2D eigenvalue weighted by atomic mass is 19.1. The quantitative estimate of drug-likeness (QED) is 0.524. The van der Waals surface area contributed by atoms with Crippen molar-refractivity contribution < 1.29 is 13.9 Å². The van der Waals surface area contributed by atoms with Crippen LogP contribution >= 0.6 is 0 Å². The second kappa shape index (κ2) is 6.20. The summed E-state index contributed by atoms with van der Waals surface area (Å²) in [5.41, 5.74) is 2.44. The van der Waals surface area contributed by atoms with Crippen molar-refractivity contribution >= 4 is 11.6 Å². The first-order valence-corrected chi connectivity index (χ1v) is 7.71. The largest absolute Gasteiger partial charge is 0.419 e.